The first kappa shape index (κ1) is 21.7. The molecule has 5 rings (SSSR count). The number of halogens is 1. The molecule has 0 radical (unpaired) electrons. The van der Waals surface area contributed by atoms with E-state index in [2.05, 4.69) is 40.9 Å². The second-order valence-corrected chi connectivity index (χ2v) is 8.28. The Hall–Kier alpha value is -4.15. The van der Waals surface area contributed by atoms with Gasteiger partial charge in [-0.1, -0.05) is 84.4 Å². The van der Waals surface area contributed by atoms with Gasteiger partial charge in [0.15, 0.2) is 0 Å². The summed E-state index contributed by atoms with van der Waals surface area (Å²) in [7, 11) is 0. The van der Waals surface area contributed by atoms with E-state index in [9.17, 15) is 4.79 Å². The van der Waals surface area contributed by atoms with Crippen molar-refractivity contribution >= 4 is 45.3 Å². The van der Waals surface area contributed by atoms with E-state index in [-0.39, 0.29) is 5.91 Å². The van der Waals surface area contributed by atoms with Gasteiger partial charge in [-0.25, -0.2) is 5.43 Å². The van der Waals surface area contributed by atoms with E-state index in [0.29, 0.717) is 22.9 Å². The fraction of sp³-hybridized carbons (Fsp3) is 0.0345. The van der Waals surface area contributed by atoms with Crippen LogP contribution in [0.2, 0.25) is 5.02 Å². The molecule has 1 N–H and O–H groups in total. The number of nitrogens with one attached hydrogen (secondary N) is 1. The van der Waals surface area contributed by atoms with Crippen LogP contribution in [0.5, 0.6) is 5.75 Å². The van der Waals surface area contributed by atoms with Crippen molar-refractivity contribution in [1.82, 2.24) is 5.43 Å². The number of hydrogen-bond donors (Lipinski definition) is 1. The molecule has 1 amide bonds. The van der Waals surface area contributed by atoms with Gasteiger partial charge in [0, 0.05) is 10.6 Å². The zero-order valence-electron chi connectivity index (χ0n) is 18.2. The first-order valence-corrected chi connectivity index (χ1v) is 11.3. The standard InChI is InChI=1S/C29H21ClN2O2/c30-23-15-13-20(14-16-23)19-34-28-12-6-5-11-26(28)29(33)32-31-18-27-24-9-3-1-7-21(24)17-22-8-2-4-10-25(22)27/h1-18H,19H2,(H,32,33)/b31-18-. The second-order valence-electron chi connectivity index (χ2n) is 7.84. The predicted octanol–water partition coefficient (Wildman–Crippen LogP) is 6.99. The largest absolute Gasteiger partial charge is 0.488 e. The van der Waals surface area contributed by atoms with Crippen molar-refractivity contribution in [3.63, 3.8) is 0 Å². The summed E-state index contributed by atoms with van der Waals surface area (Å²) in [6.07, 6.45) is 1.71. The molecule has 0 heterocycles. The van der Waals surface area contributed by atoms with Crippen LogP contribution in [0.3, 0.4) is 0 Å². The maximum Gasteiger partial charge on any atom is 0.275 e. The third kappa shape index (κ3) is 4.63. The Labute approximate surface area is 202 Å². The van der Waals surface area contributed by atoms with Gasteiger partial charge in [0.2, 0.25) is 0 Å². The molecule has 0 aromatic heterocycles. The highest BCUT2D eigenvalue weighted by molar-refractivity contribution is 6.30. The van der Waals surface area contributed by atoms with Crippen LogP contribution in [0.15, 0.2) is 108 Å². The fourth-order valence-electron chi connectivity index (χ4n) is 3.93. The fourth-order valence-corrected chi connectivity index (χ4v) is 4.05. The van der Waals surface area contributed by atoms with E-state index in [1.165, 1.54) is 0 Å². The van der Waals surface area contributed by atoms with Crippen molar-refractivity contribution in [1.29, 1.82) is 0 Å². The second kappa shape index (κ2) is 9.77. The topological polar surface area (TPSA) is 50.7 Å². The third-order valence-electron chi connectivity index (χ3n) is 5.61. The summed E-state index contributed by atoms with van der Waals surface area (Å²) < 4.78 is 5.91. The van der Waals surface area contributed by atoms with Gasteiger partial charge in [0.1, 0.15) is 12.4 Å². The van der Waals surface area contributed by atoms with Crippen molar-refractivity contribution in [3.8, 4) is 5.75 Å². The highest BCUT2D eigenvalue weighted by Gasteiger charge is 2.12. The lowest BCUT2D eigenvalue weighted by Gasteiger charge is -2.11. The maximum atomic E-state index is 12.9. The number of hydrogen-bond acceptors (Lipinski definition) is 3. The number of rotatable bonds is 6. The van der Waals surface area contributed by atoms with Crippen LogP contribution < -0.4 is 10.2 Å². The Kier molecular flexibility index (Phi) is 6.23. The highest BCUT2D eigenvalue weighted by atomic mass is 35.5. The van der Waals surface area contributed by atoms with Gasteiger partial charge in [-0.3, -0.25) is 4.79 Å². The number of amides is 1. The molecule has 4 nitrogen and oxygen atoms in total. The van der Waals surface area contributed by atoms with Gasteiger partial charge in [0.05, 0.1) is 11.8 Å². The molecule has 0 saturated heterocycles. The molecule has 0 unspecified atom stereocenters. The van der Waals surface area contributed by atoms with Crippen LogP contribution in [0.25, 0.3) is 21.5 Å². The smallest absolute Gasteiger partial charge is 0.275 e. The molecule has 5 aromatic rings. The van der Waals surface area contributed by atoms with Crippen LogP contribution in [0.4, 0.5) is 0 Å². The zero-order valence-corrected chi connectivity index (χ0v) is 19.0. The number of fused-ring (bicyclic) bond motifs is 2. The molecule has 0 atom stereocenters. The summed E-state index contributed by atoms with van der Waals surface area (Å²) in [6.45, 7) is 0.326. The molecule has 0 aliphatic carbocycles. The van der Waals surface area contributed by atoms with Crippen LogP contribution in [0.1, 0.15) is 21.5 Å². The van der Waals surface area contributed by atoms with E-state index in [0.717, 1.165) is 32.7 Å². The summed E-state index contributed by atoms with van der Waals surface area (Å²) in [5, 5.41) is 9.35. The molecule has 5 heteroatoms. The van der Waals surface area contributed by atoms with Gasteiger partial charge < -0.3 is 4.74 Å². The molecule has 34 heavy (non-hydrogen) atoms. The molecular formula is C29H21ClN2O2. The molecule has 166 valence electrons. The zero-order chi connectivity index (χ0) is 23.3. The molecular weight excluding hydrogens is 444 g/mol. The van der Waals surface area contributed by atoms with Crippen LogP contribution >= 0.6 is 11.6 Å². The van der Waals surface area contributed by atoms with Crippen molar-refractivity contribution in [2.45, 2.75) is 6.61 Å². The molecule has 0 spiro atoms. The van der Waals surface area contributed by atoms with Crippen LogP contribution in [0, 0.1) is 0 Å². The molecule has 5 aromatic carbocycles. The monoisotopic (exact) mass is 464 g/mol. The Balaban J connectivity index is 1.37. The normalized spacial score (nSPS) is 11.2. The molecule has 0 fully saturated rings. The quantitative estimate of drug-likeness (QED) is 0.167. The van der Waals surface area contributed by atoms with Gasteiger partial charge in [0.25, 0.3) is 5.91 Å². The van der Waals surface area contributed by atoms with E-state index in [1.54, 1.807) is 24.4 Å². The third-order valence-corrected chi connectivity index (χ3v) is 5.86. The average molecular weight is 465 g/mol. The van der Waals surface area contributed by atoms with Crippen LogP contribution in [-0.2, 0) is 6.61 Å². The van der Waals surface area contributed by atoms with E-state index >= 15 is 0 Å². The van der Waals surface area contributed by atoms with Crippen LogP contribution in [-0.4, -0.2) is 12.1 Å². The molecule has 0 aliphatic heterocycles. The Morgan fingerprint density at radius 3 is 2.15 bits per heavy atom. The summed E-state index contributed by atoms with van der Waals surface area (Å²) in [4.78, 5) is 12.9. The minimum atomic E-state index is -0.340. The van der Waals surface area contributed by atoms with Crippen molar-refractivity contribution in [3.05, 3.63) is 125 Å². The highest BCUT2D eigenvalue weighted by Crippen LogP contribution is 2.27. The minimum Gasteiger partial charge on any atom is -0.488 e. The predicted molar refractivity (Wildman–Crippen MR) is 139 cm³/mol. The Morgan fingerprint density at radius 1 is 0.824 bits per heavy atom. The summed E-state index contributed by atoms with van der Waals surface area (Å²) in [5.74, 6) is 0.147. The lowest BCUT2D eigenvalue weighted by atomic mass is 9.97. The number of para-hydroxylation sites is 1. The first-order valence-electron chi connectivity index (χ1n) is 10.9. The SMILES string of the molecule is O=C(N/N=C\c1c2ccccc2cc2ccccc12)c1ccccc1OCc1ccc(Cl)cc1. The first-order chi connectivity index (χ1) is 16.7. The minimum absolute atomic E-state index is 0.326. The Bertz CT molecular complexity index is 1460. The van der Waals surface area contributed by atoms with Crippen molar-refractivity contribution in [2.75, 3.05) is 0 Å². The number of nitrogens with zero attached hydrogens (tertiary/aromatic N) is 1. The molecule has 0 bridgehead atoms. The number of carbonyl (C=O) groups excluding carboxylic acids is 1. The van der Waals surface area contributed by atoms with E-state index in [4.69, 9.17) is 16.3 Å². The van der Waals surface area contributed by atoms with Crippen molar-refractivity contribution < 1.29 is 9.53 Å². The number of benzene rings is 5. The molecule has 0 aliphatic rings. The average Bonchev–Trinajstić information content (AvgIpc) is 2.88. The lowest BCUT2D eigenvalue weighted by Crippen LogP contribution is -2.18. The lowest BCUT2D eigenvalue weighted by molar-refractivity contribution is 0.0950. The summed E-state index contributed by atoms with van der Waals surface area (Å²) in [5.41, 5.74) is 4.99. The number of hydrazone groups is 1. The van der Waals surface area contributed by atoms with Gasteiger partial charge >= 0.3 is 0 Å². The maximum absolute atomic E-state index is 12.9. The number of carbonyl (C=O) groups is 1. The van der Waals surface area contributed by atoms with Gasteiger partial charge in [-0.15, -0.1) is 0 Å². The molecule has 0 saturated carbocycles. The Morgan fingerprint density at radius 2 is 1.44 bits per heavy atom. The van der Waals surface area contributed by atoms with E-state index in [1.807, 2.05) is 54.6 Å². The summed E-state index contributed by atoms with van der Waals surface area (Å²) in [6, 6.07) is 33.0. The number of ether oxygens (including phenoxy) is 1. The van der Waals surface area contributed by atoms with Crippen molar-refractivity contribution in [2.24, 2.45) is 5.10 Å². The van der Waals surface area contributed by atoms with E-state index < -0.39 is 0 Å². The van der Waals surface area contributed by atoms with Gasteiger partial charge in [-0.05, 0) is 57.4 Å². The van der Waals surface area contributed by atoms with Gasteiger partial charge in [-0.2, -0.15) is 5.10 Å². The summed E-state index contributed by atoms with van der Waals surface area (Å²) >= 11 is 5.95.